The number of rotatable bonds is 12. The van der Waals surface area contributed by atoms with E-state index in [0.717, 1.165) is 19.3 Å². The lowest BCUT2D eigenvalue weighted by Crippen LogP contribution is -2.60. The fourth-order valence-electron chi connectivity index (χ4n) is 8.28. The van der Waals surface area contributed by atoms with Crippen LogP contribution in [0.25, 0.3) is 0 Å². The Labute approximate surface area is 260 Å². The number of aliphatic hydroxyl groups excluding tert-OH is 2. The van der Waals surface area contributed by atoms with Crippen LogP contribution in [0.4, 0.5) is 0 Å². The van der Waals surface area contributed by atoms with Crippen molar-refractivity contribution in [3.63, 3.8) is 0 Å². The average Bonchev–Trinajstić information content (AvgIpc) is 2.95. The number of carbonyl (C=O) groups excluding carboxylic acids is 3. The van der Waals surface area contributed by atoms with Gasteiger partial charge in [-0.05, 0) is 102 Å². The van der Waals surface area contributed by atoms with E-state index < -0.39 is 18.2 Å². The molecule has 4 fully saturated rings. The molecule has 6 rings (SSSR count). The molecule has 230 valence electrons. The van der Waals surface area contributed by atoms with Gasteiger partial charge < -0.3 is 34.6 Å². The van der Waals surface area contributed by atoms with Crippen molar-refractivity contribution >= 4 is 40.7 Å². The maximum Gasteiger partial charge on any atom is 0.248 e. The smallest absolute Gasteiger partial charge is 0.248 e. The van der Waals surface area contributed by atoms with Gasteiger partial charge in [0.1, 0.15) is 25.1 Å². The second kappa shape index (κ2) is 13.2. The Bertz CT molecular complexity index is 1180. The summed E-state index contributed by atoms with van der Waals surface area (Å²) >= 11 is 2.04. The minimum Gasteiger partial charge on any atom is -0.493 e. The Balaban J connectivity index is 1.49. The fourth-order valence-corrected chi connectivity index (χ4v) is 9.03. The second-order valence-corrected chi connectivity index (χ2v) is 13.7. The maximum absolute atomic E-state index is 13.7. The van der Waals surface area contributed by atoms with Gasteiger partial charge in [-0.3, -0.25) is 14.4 Å². The van der Waals surface area contributed by atoms with Gasteiger partial charge in [0.05, 0.1) is 23.3 Å². The average molecular weight is 697 g/mol. The van der Waals surface area contributed by atoms with Gasteiger partial charge in [-0.2, -0.15) is 0 Å². The van der Waals surface area contributed by atoms with Crippen LogP contribution >= 0.6 is 22.6 Å². The van der Waals surface area contributed by atoms with E-state index >= 15 is 0 Å². The van der Waals surface area contributed by atoms with Crippen molar-refractivity contribution in [2.75, 3.05) is 40.5 Å². The molecule has 10 nitrogen and oxygen atoms in total. The summed E-state index contributed by atoms with van der Waals surface area (Å²) in [5, 5.41) is 23.8. The van der Waals surface area contributed by atoms with Crippen molar-refractivity contribution in [3.05, 3.63) is 32.9 Å². The van der Waals surface area contributed by atoms with E-state index in [1.165, 1.54) is 33.5 Å². The number of aldehydes is 1. The van der Waals surface area contributed by atoms with Crippen LogP contribution in [0.15, 0.2) is 23.8 Å². The first kappa shape index (κ1) is 31.2. The van der Waals surface area contributed by atoms with Crippen molar-refractivity contribution in [3.8, 4) is 11.5 Å². The van der Waals surface area contributed by atoms with E-state index in [1.807, 2.05) is 22.6 Å². The van der Waals surface area contributed by atoms with Crippen LogP contribution in [-0.2, 0) is 14.3 Å². The minimum absolute atomic E-state index is 0.00203. The Hall–Kier alpha value is -2.22. The Morgan fingerprint density at radius 3 is 2.38 bits per heavy atom. The Kier molecular flexibility index (Phi) is 9.80. The van der Waals surface area contributed by atoms with Gasteiger partial charge in [0, 0.05) is 37.8 Å². The normalized spacial score (nSPS) is 31.3. The first-order valence-electron chi connectivity index (χ1n) is 14.7. The lowest BCUT2D eigenvalue weighted by atomic mass is 9.49. The van der Waals surface area contributed by atoms with Crippen LogP contribution in [-0.4, -0.2) is 92.0 Å². The number of benzene rings is 1. The maximum atomic E-state index is 13.7. The highest BCUT2D eigenvalue weighted by molar-refractivity contribution is 14.1. The number of ether oxygens (including phenoxy) is 3. The van der Waals surface area contributed by atoms with Crippen LogP contribution in [0, 0.1) is 26.7 Å². The summed E-state index contributed by atoms with van der Waals surface area (Å²) in [4.78, 5) is 40.1. The van der Waals surface area contributed by atoms with E-state index in [-0.39, 0.29) is 43.4 Å². The van der Waals surface area contributed by atoms with Crippen molar-refractivity contribution in [2.45, 2.75) is 63.2 Å². The van der Waals surface area contributed by atoms with Gasteiger partial charge in [0.2, 0.25) is 11.8 Å². The molecule has 4 saturated carbocycles. The third-order valence-electron chi connectivity index (χ3n) is 9.52. The molecule has 0 aliphatic heterocycles. The molecule has 0 spiro atoms. The predicted octanol–water partition coefficient (Wildman–Crippen LogP) is 2.72. The van der Waals surface area contributed by atoms with E-state index in [4.69, 9.17) is 14.2 Å². The van der Waals surface area contributed by atoms with Gasteiger partial charge in [-0.25, -0.2) is 0 Å². The summed E-state index contributed by atoms with van der Waals surface area (Å²) in [6.45, 7) is 0.241. The van der Waals surface area contributed by atoms with Crippen molar-refractivity contribution in [1.29, 1.82) is 0 Å². The third-order valence-corrected chi connectivity index (χ3v) is 10.3. The van der Waals surface area contributed by atoms with Crippen molar-refractivity contribution < 1.29 is 38.8 Å². The number of hydrogen-bond acceptors (Lipinski definition) is 8. The van der Waals surface area contributed by atoms with Gasteiger partial charge in [-0.15, -0.1) is 0 Å². The first-order chi connectivity index (χ1) is 20.2. The molecule has 11 heteroatoms. The van der Waals surface area contributed by atoms with Gasteiger partial charge in [-0.1, -0.05) is 0 Å². The van der Waals surface area contributed by atoms with Gasteiger partial charge in [0.15, 0.2) is 11.5 Å². The minimum atomic E-state index is -1.15. The molecular weight excluding hydrogens is 655 g/mol. The largest absolute Gasteiger partial charge is 0.493 e. The molecule has 0 heterocycles. The van der Waals surface area contributed by atoms with Crippen LogP contribution in [0.1, 0.15) is 55.3 Å². The van der Waals surface area contributed by atoms with E-state index in [0.29, 0.717) is 56.8 Å². The monoisotopic (exact) mass is 696 g/mol. The topological polar surface area (TPSA) is 135 Å². The van der Waals surface area contributed by atoms with Gasteiger partial charge >= 0.3 is 0 Å². The molecule has 4 bridgehead atoms. The molecule has 1 aromatic carbocycles. The fraction of sp³-hybridized carbons (Fsp3) is 0.645. The number of aliphatic hydroxyl groups is 2. The lowest BCUT2D eigenvalue weighted by Gasteiger charge is -2.58. The highest BCUT2D eigenvalue weighted by Crippen LogP contribution is 2.60. The van der Waals surface area contributed by atoms with Crippen LogP contribution < -0.4 is 14.8 Å². The van der Waals surface area contributed by atoms with Crippen LogP contribution in [0.2, 0.25) is 0 Å². The van der Waals surface area contributed by atoms with Crippen molar-refractivity contribution in [1.82, 2.24) is 10.2 Å². The number of methoxy groups -OCH3 is 2. The van der Waals surface area contributed by atoms with E-state index in [9.17, 15) is 24.6 Å². The molecule has 3 atom stereocenters. The Morgan fingerprint density at radius 2 is 1.81 bits per heavy atom. The first-order valence-corrected chi connectivity index (χ1v) is 15.8. The lowest BCUT2D eigenvalue weighted by molar-refractivity contribution is -0.150. The Morgan fingerprint density at radius 1 is 1.14 bits per heavy atom. The second-order valence-electron chi connectivity index (χ2n) is 12.5. The number of carbonyl (C=O) groups is 3. The number of hydrogen-bond donors (Lipinski definition) is 3. The van der Waals surface area contributed by atoms with Crippen LogP contribution in [0.5, 0.6) is 11.5 Å². The number of halogens is 1. The quantitative estimate of drug-likeness (QED) is 0.225. The summed E-state index contributed by atoms with van der Waals surface area (Å²) in [6.07, 6.45) is 7.35. The zero-order valence-corrected chi connectivity index (χ0v) is 26.4. The third kappa shape index (κ3) is 6.48. The molecule has 5 aliphatic carbocycles. The summed E-state index contributed by atoms with van der Waals surface area (Å²) in [7, 11) is 2.95. The highest BCUT2D eigenvalue weighted by atomic mass is 127. The molecule has 5 aliphatic rings. The zero-order chi connectivity index (χ0) is 30.0. The van der Waals surface area contributed by atoms with Crippen LogP contribution in [0.3, 0.4) is 0 Å². The standard InChI is InChI=1S/C31H41IN2O8/c1-40-16-27(37)34(17-31-12-18-5-19(13-31)7-20(6-18)14-31)24-10-22(30(39)33-3-4-35)11-25(28(24)38)42-29-23(32)8-21(15-36)9-26(29)41-2/h8-9,11,15,18-20,24-25,28,35,38H,3-7,10,12-14,16-17H2,1-2H3,(H,33,39). The van der Waals surface area contributed by atoms with E-state index in [2.05, 4.69) is 5.32 Å². The molecule has 0 aromatic heterocycles. The molecule has 0 radical (unpaired) electrons. The summed E-state index contributed by atoms with van der Waals surface area (Å²) in [5.41, 5.74) is 0.776. The molecule has 1 aromatic rings. The zero-order valence-electron chi connectivity index (χ0n) is 24.2. The molecule has 0 saturated heterocycles. The predicted molar refractivity (Wildman–Crippen MR) is 162 cm³/mol. The highest BCUT2D eigenvalue weighted by Gasteiger charge is 2.53. The molecule has 42 heavy (non-hydrogen) atoms. The van der Waals surface area contributed by atoms with E-state index in [1.54, 1.807) is 23.1 Å². The number of nitrogens with one attached hydrogen (secondary N) is 1. The number of nitrogens with zero attached hydrogens (tertiary/aromatic N) is 1. The molecule has 3 unspecified atom stereocenters. The summed E-state index contributed by atoms with van der Waals surface area (Å²) < 4.78 is 17.7. The summed E-state index contributed by atoms with van der Waals surface area (Å²) in [6, 6.07) is 2.47. The molecular formula is C31H41IN2O8. The molecule has 3 N–H and O–H groups in total. The van der Waals surface area contributed by atoms with Crippen molar-refractivity contribution in [2.24, 2.45) is 23.2 Å². The molecule has 2 amide bonds. The van der Waals surface area contributed by atoms with Gasteiger partial charge in [0.25, 0.3) is 0 Å². The SMILES string of the molecule is COCC(=O)N(CC12CC3CC(CC(C3)C1)C2)C1CC(C(=O)NCCO)=CC(Oc2c(I)cc(C=O)cc2OC)C1O. The summed E-state index contributed by atoms with van der Waals surface area (Å²) in [5.74, 6) is 2.09. The number of amides is 2.